The monoisotopic (exact) mass is 355 g/mol. The van der Waals surface area contributed by atoms with E-state index in [2.05, 4.69) is 36.4 Å². The number of hydrogen-bond donors (Lipinski definition) is 4. The first-order chi connectivity index (χ1) is 12.0. The first-order valence-electron chi connectivity index (χ1n) is 10.1. The van der Waals surface area contributed by atoms with Crippen molar-refractivity contribution in [1.29, 1.82) is 0 Å². The maximum Gasteiger partial charge on any atom is 0.237 e. The van der Waals surface area contributed by atoms with E-state index in [9.17, 15) is 4.79 Å². The molecule has 1 amide bonds. The molecule has 0 aliphatic carbocycles. The molecule has 0 bridgehead atoms. The third-order valence-corrected chi connectivity index (χ3v) is 4.13. The summed E-state index contributed by atoms with van der Waals surface area (Å²) in [7, 11) is 0. The minimum absolute atomic E-state index is 0.0846. The van der Waals surface area contributed by atoms with Gasteiger partial charge in [0.15, 0.2) is 5.96 Å². The molecule has 0 aliphatic heterocycles. The van der Waals surface area contributed by atoms with Crippen molar-refractivity contribution >= 4 is 11.9 Å². The molecule has 0 aromatic rings. The van der Waals surface area contributed by atoms with Crippen LogP contribution in [0.5, 0.6) is 0 Å². The fraction of sp³-hybridized carbons (Fsp3) is 0.895. The molecule has 0 saturated carbocycles. The number of nitrogens with zero attached hydrogens (tertiary/aromatic N) is 1. The predicted octanol–water partition coefficient (Wildman–Crippen LogP) is 2.66. The molecule has 0 rings (SSSR count). The zero-order valence-corrected chi connectivity index (χ0v) is 16.7. The van der Waals surface area contributed by atoms with E-state index in [-0.39, 0.29) is 24.0 Å². The molecule has 6 heteroatoms. The maximum absolute atomic E-state index is 12.4. The van der Waals surface area contributed by atoms with Gasteiger partial charge in [-0.25, -0.2) is 0 Å². The molecule has 0 radical (unpaired) electrons. The Balaban J connectivity index is 3.87. The number of aliphatic imine (C=N–C) groups is 1. The molecule has 148 valence electrons. The molecule has 0 spiro atoms. The SMILES string of the molecule is CCCCCCCCCCNC(=O)[C@@H](CCCN=C(N)N)NC(C)C. The maximum atomic E-state index is 12.4. The van der Waals surface area contributed by atoms with Gasteiger partial charge >= 0.3 is 0 Å². The summed E-state index contributed by atoms with van der Waals surface area (Å²) in [6.45, 7) is 7.66. The summed E-state index contributed by atoms with van der Waals surface area (Å²) in [4.78, 5) is 16.3. The highest BCUT2D eigenvalue weighted by atomic mass is 16.2. The highest BCUT2D eigenvalue weighted by molar-refractivity contribution is 5.81. The summed E-state index contributed by atoms with van der Waals surface area (Å²) in [5, 5.41) is 6.39. The fourth-order valence-electron chi connectivity index (χ4n) is 2.79. The number of carbonyl (C=O) groups excluding carboxylic acids is 1. The van der Waals surface area contributed by atoms with Gasteiger partial charge in [0.05, 0.1) is 6.04 Å². The summed E-state index contributed by atoms with van der Waals surface area (Å²) < 4.78 is 0. The molecule has 0 heterocycles. The number of rotatable bonds is 16. The molecule has 0 saturated heterocycles. The quantitative estimate of drug-likeness (QED) is 0.194. The summed E-state index contributed by atoms with van der Waals surface area (Å²) in [5.41, 5.74) is 10.6. The predicted molar refractivity (Wildman–Crippen MR) is 108 cm³/mol. The van der Waals surface area contributed by atoms with Crippen molar-refractivity contribution < 1.29 is 4.79 Å². The highest BCUT2D eigenvalue weighted by Gasteiger charge is 2.18. The van der Waals surface area contributed by atoms with E-state index in [1.165, 1.54) is 44.9 Å². The average molecular weight is 356 g/mol. The zero-order chi connectivity index (χ0) is 18.9. The lowest BCUT2D eigenvalue weighted by molar-refractivity contribution is -0.123. The molecule has 6 N–H and O–H groups in total. The van der Waals surface area contributed by atoms with Crippen LogP contribution in [0, 0.1) is 0 Å². The first-order valence-corrected chi connectivity index (χ1v) is 10.1. The van der Waals surface area contributed by atoms with Crippen molar-refractivity contribution in [3.8, 4) is 0 Å². The summed E-state index contributed by atoms with van der Waals surface area (Å²) in [6, 6.07) is 0.0881. The van der Waals surface area contributed by atoms with Crippen molar-refractivity contribution in [3.63, 3.8) is 0 Å². The minimum atomic E-state index is -0.178. The van der Waals surface area contributed by atoms with Crippen molar-refractivity contribution in [2.45, 2.75) is 97.1 Å². The summed E-state index contributed by atoms with van der Waals surface area (Å²) >= 11 is 0. The molecular weight excluding hydrogens is 314 g/mol. The van der Waals surface area contributed by atoms with Crippen LogP contribution < -0.4 is 22.1 Å². The van der Waals surface area contributed by atoms with Crippen molar-refractivity contribution in [1.82, 2.24) is 10.6 Å². The fourth-order valence-corrected chi connectivity index (χ4v) is 2.79. The van der Waals surface area contributed by atoms with Gasteiger partial charge < -0.3 is 22.1 Å². The molecule has 6 nitrogen and oxygen atoms in total. The Labute approximate surface area is 154 Å². The van der Waals surface area contributed by atoms with E-state index in [1.54, 1.807) is 0 Å². The second kappa shape index (κ2) is 16.2. The molecule has 25 heavy (non-hydrogen) atoms. The summed E-state index contributed by atoms with van der Waals surface area (Å²) in [5.74, 6) is 0.189. The number of hydrogen-bond acceptors (Lipinski definition) is 3. The smallest absolute Gasteiger partial charge is 0.237 e. The van der Waals surface area contributed by atoms with Gasteiger partial charge in [0, 0.05) is 19.1 Å². The molecule has 0 fully saturated rings. The van der Waals surface area contributed by atoms with Crippen LogP contribution in [0.4, 0.5) is 0 Å². The van der Waals surface area contributed by atoms with E-state index < -0.39 is 0 Å². The third-order valence-electron chi connectivity index (χ3n) is 4.13. The third kappa shape index (κ3) is 15.9. The van der Waals surface area contributed by atoms with Crippen molar-refractivity contribution in [2.24, 2.45) is 16.5 Å². The van der Waals surface area contributed by atoms with E-state index in [0.717, 1.165) is 25.8 Å². The molecule has 0 aromatic carbocycles. The largest absolute Gasteiger partial charge is 0.370 e. The Morgan fingerprint density at radius 1 is 0.960 bits per heavy atom. The molecule has 0 aromatic heterocycles. The van der Waals surface area contributed by atoms with Crippen LogP contribution in [0.3, 0.4) is 0 Å². The number of amides is 1. The number of nitrogens with one attached hydrogen (secondary N) is 2. The van der Waals surface area contributed by atoms with Crippen molar-refractivity contribution in [2.75, 3.05) is 13.1 Å². The minimum Gasteiger partial charge on any atom is -0.370 e. The molecular formula is C19H41N5O. The van der Waals surface area contributed by atoms with Gasteiger partial charge in [-0.05, 0) is 19.3 Å². The van der Waals surface area contributed by atoms with Crippen LogP contribution in [-0.4, -0.2) is 37.0 Å². The Morgan fingerprint density at radius 2 is 1.56 bits per heavy atom. The van der Waals surface area contributed by atoms with Crippen LogP contribution in [0.2, 0.25) is 0 Å². The van der Waals surface area contributed by atoms with Gasteiger partial charge in [-0.2, -0.15) is 0 Å². The van der Waals surface area contributed by atoms with Crippen LogP contribution in [0.1, 0.15) is 85.0 Å². The lowest BCUT2D eigenvalue weighted by atomic mass is 10.1. The Bertz CT molecular complexity index is 354. The number of unbranched alkanes of at least 4 members (excludes halogenated alkanes) is 7. The molecule has 0 aliphatic rings. The van der Waals surface area contributed by atoms with Crippen molar-refractivity contribution in [3.05, 3.63) is 0 Å². The van der Waals surface area contributed by atoms with Crippen LogP contribution in [-0.2, 0) is 4.79 Å². The van der Waals surface area contributed by atoms with E-state index >= 15 is 0 Å². The first kappa shape index (κ1) is 23.7. The van der Waals surface area contributed by atoms with Gasteiger partial charge in [0.2, 0.25) is 5.91 Å². The Hall–Kier alpha value is -1.30. The van der Waals surface area contributed by atoms with Gasteiger partial charge in [-0.1, -0.05) is 65.7 Å². The van der Waals surface area contributed by atoms with Crippen LogP contribution in [0.25, 0.3) is 0 Å². The Kier molecular flexibility index (Phi) is 15.3. The Morgan fingerprint density at radius 3 is 2.12 bits per heavy atom. The van der Waals surface area contributed by atoms with Gasteiger partial charge in [-0.15, -0.1) is 0 Å². The van der Waals surface area contributed by atoms with Gasteiger partial charge in [0.1, 0.15) is 0 Å². The van der Waals surface area contributed by atoms with E-state index in [0.29, 0.717) is 6.54 Å². The topological polar surface area (TPSA) is 106 Å². The average Bonchev–Trinajstić information content (AvgIpc) is 2.55. The normalized spacial score (nSPS) is 12.2. The van der Waals surface area contributed by atoms with Gasteiger partial charge in [-0.3, -0.25) is 9.79 Å². The summed E-state index contributed by atoms with van der Waals surface area (Å²) in [6.07, 6.45) is 11.7. The number of nitrogens with two attached hydrogens (primary N) is 2. The lowest BCUT2D eigenvalue weighted by Crippen LogP contribution is -2.47. The highest BCUT2D eigenvalue weighted by Crippen LogP contribution is 2.08. The zero-order valence-electron chi connectivity index (χ0n) is 16.7. The lowest BCUT2D eigenvalue weighted by Gasteiger charge is -2.20. The van der Waals surface area contributed by atoms with E-state index in [1.807, 2.05) is 0 Å². The second-order valence-electron chi connectivity index (χ2n) is 7.09. The molecule has 1 atom stereocenters. The second-order valence-corrected chi connectivity index (χ2v) is 7.09. The van der Waals surface area contributed by atoms with E-state index in [4.69, 9.17) is 11.5 Å². The van der Waals surface area contributed by atoms with Crippen LogP contribution in [0.15, 0.2) is 4.99 Å². The number of guanidine groups is 1. The van der Waals surface area contributed by atoms with Gasteiger partial charge in [0.25, 0.3) is 0 Å². The molecule has 0 unspecified atom stereocenters. The number of carbonyl (C=O) groups is 1. The standard InChI is InChI=1S/C19H41N5O/c1-4-5-6-7-8-9-10-11-14-22-18(25)17(24-16(2)3)13-12-15-23-19(20)21/h16-17,24H,4-15H2,1-3H3,(H,22,25)(H4,20,21,23)/t17-/m1/s1. The van der Waals surface area contributed by atoms with Crippen LogP contribution >= 0.6 is 0 Å².